The summed E-state index contributed by atoms with van der Waals surface area (Å²) in [6, 6.07) is 27.7. The average Bonchev–Trinajstić information content (AvgIpc) is 2.74. The fourth-order valence-electron chi connectivity index (χ4n) is 3.08. The zero-order valence-corrected chi connectivity index (χ0v) is 16.4. The lowest BCUT2D eigenvalue weighted by atomic mass is 10.0. The van der Waals surface area contributed by atoms with E-state index < -0.39 is 0 Å². The second kappa shape index (κ2) is 7.79. The van der Waals surface area contributed by atoms with Crippen LogP contribution in [0.15, 0.2) is 95.5 Å². The van der Waals surface area contributed by atoms with Crippen LogP contribution in [-0.4, -0.2) is 11.7 Å². The number of carbonyl (C=O) groups excluding carboxylic acids is 2. The number of rotatable bonds is 4. The SMILES string of the molecule is O=C(Nc1ccc(Br)cc1C(=O)c1ccccc1)c1ccc2ccccc2c1. The molecule has 136 valence electrons. The summed E-state index contributed by atoms with van der Waals surface area (Å²) >= 11 is 3.41. The molecule has 4 heteroatoms. The van der Waals surface area contributed by atoms with Gasteiger partial charge in [-0.25, -0.2) is 0 Å². The highest BCUT2D eigenvalue weighted by Gasteiger charge is 2.16. The van der Waals surface area contributed by atoms with E-state index in [1.165, 1.54) is 0 Å². The maximum atomic E-state index is 12.9. The van der Waals surface area contributed by atoms with E-state index in [0.29, 0.717) is 22.4 Å². The van der Waals surface area contributed by atoms with Crippen LogP contribution in [0, 0.1) is 0 Å². The fourth-order valence-corrected chi connectivity index (χ4v) is 3.44. The van der Waals surface area contributed by atoms with Crippen LogP contribution in [0.3, 0.4) is 0 Å². The molecule has 1 N–H and O–H groups in total. The predicted molar refractivity (Wildman–Crippen MR) is 116 cm³/mol. The van der Waals surface area contributed by atoms with Crippen LogP contribution < -0.4 is 5.32 Å². The molecule has 1 amide bonds. The van der Waals surface area contributed by atoms with Crippen LogP contribution in [0.1, 0.15) is 26.3 Å². The number of ketones is 1. The topological polar surface area (TPSA) is 46.2 Å². The molecule has 0 saturated heterocycles. The summed E-state index contributed by atoms with van der Waals surface area (Å²) < 4.78 is 0.774. The number of fused-ring (bicyclic) bond motifs is 1. The number of anilines is 1. The Morgan fingerprint density at radius 2 is 1.39 bits per heavy atom. The molecule has 0 aliphatic heterocycles. The van der Waals surface area contributed by atoms with E-state index in [1.807, 2.05) is 54.6 Å². The van der Waals surface area contributed by atoms with Crippen molar-refractivity contribution in [1.29, 1.82) is 0 Å². The van der Waals surface area contributed by atoms with Crippen molar-refractivity contribution < 1.29 is 9.59 Å². The van der Waals surface area contributed by atoms with E-state index in [2.05, 4.69) is 21.2 Å². The van der Waals surface area contributed by atoms with Gasteiger partial charge in [-0.15, -0.1) is 0 Å². The average molecular weight is 430 g/mol. The smallest absolute Gasteiger partial charge is 0.255 e. The Kier molecular flexibility index (Phi) is 5.04. The van der Waals surface area contributed by atoms with Crippen molar-refractivity contribution in [1.82, 2.24) is 0 Å². The highest BCUT2D eigenvalue weighted by molar-refractivity contribution is 9.10. The van der Waals surface area contributed by atoms with Gasteiger partial charge in [0.2, 0.25) is 0 Å². The van der Waals surface area contributed by atoms with Gasteiger partial charge in [0.1, 0.15) is 0 Å². The van der Waals surface area contributed by atoms with Crippen molar-refractivity contribution in [2.24, 2.45) is 0 Å². The molecule has 0 saturated carbocycles. The van der Waals surface area contributed by atoms with Gasteiger partial charge in [-0.3, -0.25) is 9.59 Å². The van der Waals surface area contributed by atoms with Gasteiger partial charge in [0.05, 0.1) is 5.69 Å². The van der Waals surface area contributed by atoms with E-state index >= 15 is 0 Å². The first kappa shape index (κ1) is 18.1. The lowest BCUT2D eigenvalue weighted by molar-refractivity contribution is 0.102. The minimum atomic E-state index is -0.254. The molecule has 0 bridgehead atoms. The normalized spacial score (nSPS) is 10.6. The standard InChI is InChI=1S/C24H16BrNO2/c25-20-12-13-22(21(15-20)23(27)17-7-2-1-3-8-17)26-24(28)19-11-10-16-6-4-5-9-18(16)14-19/h1-15H,(H,26,28). The van der Waals surface area contributed by atoms with Gasteiger partial charge in [0.15, 0.2) is 5.78 Å². The Hall–Kier alpha value is -3.24. The number of benzene rings is 4. The lowest BCUT2D eigenvalue weighted by Crippen LogP contribution is -2.15. The number of halogens is 1. The highest BCUT2D eigenvalue weighted by atomic mass is 79.9. The number of amides is 1. The molecule has 28 heavy (non-hydrogen) atoms. The maximum absolute atomic E-state index is 12.9. The van der Waals surface area contributed by atoms with Crippen molar-refractivity contribution in [2.45, 2.75) is 0 Å². The van der Waals surface area contributed by atoms with Crippen LogP contribution in [0.4, 0.5) is 5.69 Å². The molecule has 0 aliphatic rings. The third-order valence-corrected chi connectivity index (χ3v) is 5.02. The summed E-state index contributed by atoms with van der Waals surface area (Å²) in [4.78, 5) is 25.8. The Morgan fingerprint density at radius 1 is 0.679 bits per heavy atom. The quantitative estimate of drug-likeness (QED) is 0.399. The third-order valence-electron chi connectivity index (χ3n) is 4.52. The van der Waals surface area contributed by atoms with E-state index in [4.69, 9.17) is 0 Å². The molecule has 0 aromatic heterocycles. The first-order chi connectivity index (χ1) is 13.6. The molecule has 0 aliphatic carbocycles. The molecule has 0 heterocycles. The van der Waals surface area contributed by atoms with Gasteiger partial charge in [0.25, 0.3) is 5.91 Å². The maximum Gasteiger partial charge on any atom is 0.255 e. The summed E-state index contributed by atoms with van der Waals surface area (Å²) in [6.45, 7) is 0. The molecule has 4 aromatic rings. The van der Waals surface area contributed by atoms with Crippen molar-refractivity contribution in [2.75, 3.05) is 5.32 Å². The highest BCUT2D eigenvalue weighted by Crippen LogP contribution is 2.25. The minimum Gasteiger partial charge on any atom is -0.321 e. The van der Waals surface area contributed by atoms with Gasteiger partial charge in [-0.1, -0.05) is 76.6 Å². The van der Waals surface area contributed by atoms with E-state index in [0.717, 1.165) is 15.2 Å². The first-order valence-electron chi connectivity index (χ1n) is 8.81. The molecular weight excluding hydrogens is 414 g/mol. The zero-order chi connectivity index (χ0) is 19.5. The van der Waals surface area contributed by atoms with Crippen molar-refractivity contribution in [3.05, 3.63) is 112 Å². The van der Waals surface area contributed by atoms with Crippen LogP contribution in [0.25, 0.3) is 10.8 Å². The Bertz CT molecular complexity index is 1190. The van der Waals surface area contributed by atoms with Gasteiger partial charge in [-0.05, 0) is 41.1 Å². The van der Waals surface area contributed by atoms with Crippen molar-refractivity contribution >= 4 is 44.1 Å². The fraction of sp³-hybridized carbons (Fsp3) is 0. The predicted octanol–water partition coefficient (Wildman–Crippen LogP) is 6.09. The number of nitrogens with one attached hydrogen (secondary N) is 1. The first-order valence-corrected chi connectivity index (χ1v) is 9.60. The van der Waals surface area contributed by atoms with Crippen molar-refractivity contribution in [3.8, 4) is 0 Å². The zero-order valence-electron chi connectivity index (χ0n) is 14.9. The summed E-state index contributed by atoms with van der Waals surface area (Å²) in [6.07, 6.45) is 0. The third kappa shape index (κ3) is 3.73. The lowest BCUT2D eigenvalue weighted by Gasteiger charge is -2.12. The Labute approximate surface area is 171 Å². The van der Waals surface area contributed by atoms with Crippen molar-refractivity contribution in [3.63, 3.8) is 0 Å². The summed E-state index contributed by atoms with van der Waals surface area (Å²) in [5, 5.41) is 4.95. The second-order valence-corrected chi connectivity index (χ2v) is 7.32. The van der Waals surface area contributed by atoms with Crippen LogP contribution in [0.2, 0.25) is 0 Å². The summed E-state index contributed by atoms with van der Waals surface area (Å²) in [7, 11) is 0. The Balaban J connectivity index is 1.67. The monoisotopic (exact) mass is 429 g/mol. The second-order valence-electron chi connectivity index (χ2n) is 6.40. The van der Waals surface area contributed by atoms with E-state index in [1.54, 1.807) is 36.4 Å². The molecule has 0 atom stereocenters. The number of hydrogen-bond donors (Lipinski definition) is 1. The largest absolute Gasteiger partial charge is 0.321 e. The molecule has 0 radical (unpaired) electrons. The molecule has 0 fully saturated rings. The van der Waals surface area contributed by atoms with E-state index in [9.17, 15) is 9.59 Å². The van der Waals surface area contributed by atoms with Gasteiger partial charge >= 0.3 is 0 Å². The molecule has 4 aromatic carbocycles. The summed E-state index contributed by atoms with van der Waals surface area (Å²) in [5.74, 6) is -0.397. The molecule has 0 unspecified atom stereocenters. The van der Waals surface area contributed by atoms with Gasteiger partial charge in [0, 0.05) is 21.2 Å². The van der Waals surface area contributed by atoms with Crippen LogP contribution >= 0.6 is 15.9 Å². The molecular formula is C24H16BrNO2. The van der Waals surface area contributed by atoms with Crippen LogP contribution in [0.5, 0.6) is 0 Å². The van der Waals surface area contributed by atoms with E-state index in [-0.39, 0.29) is 11.7 Å². The van der Waals surface area contributed by atoms with Gasteiger partial charge < -0.3 is 5.32 Å². The molecule has 0 spiro atoms. The Morgan fingerprint density at radius 3 is 2.18 bits per heavy atom. The summed E-state index contributed by atoms with van der Waals surface area (Å²) in [5.41, 5.74) is 2.03. The minimum absolute atomic E-state index is 0.143. The van der Waals surface area contributed by atoms with Crippen LogP contribution in [-0.2, 0) is 0 Å². The number of hydrogen-bond acceptors (Lipinski definition) is 2. The molecule has 4 rings (SSSR count). The van der Waals surface area contributed by atoms with Gasteiger partial charge in [-0.2, -0.15) is 0 Å². The molecule has 3 nitrogen and oxygen atoms in total. The number of carbonyl (C=O) groups is 2.